The van der Waals surface area contributed by atoms with Crippen molar-refractivity contribution in [1.29, 1.82) is 0 Å². The molecule has 0 saturated heterocycles. The molecule has 0 aliphatic heterocycles. The van der Waals surface area contributed by atoms with Crippen LogP contribution in [-0.2, 0) is 12.8 Å². The van der Waals surface area contributed by atoms with Crippen LogP contribution >= 0.6 is 0 Å². The third-order valence-corrected chi connectivity index (χ3v) is 4.26. The summed E-state index contributed by atoms with van der Waals surface area (Å²) in [6.45, 7) is 2.83. The highest BCUT2D eigenvalue weighted by Crippen LogP contribution is 2.36. The molecule has 0 saturated carbocycles. The van der Waals surface area contributed by atoms with Crippen LogP contribution in [0.15, 0.2) is 54.1 Å². The summed E-state index contributed by atoms with van der Waals surface area (Å²) in [5, 5.41) is 0. The second kappa shape index (κ2) is 5.64. The summed E-state index contributed by atoms with van der Waals surface area (Å²) >= 11 is 0. The lowest BCUT2D eigenvalue weighted by Crippen LogP contribution is -2.07. The quantitative estimate of drug-likeness (QED) is 0.872. The summed E-state index contributed by atoms with van der Waals surface area (Å²) in [6, 6.07) is 17.6. The van der Waals surface area contributed by atoms with Crippen LogP contribution in [0.1, 0.15) is 35.6 Å². The monoisotopic (exact) mass is 263 g/mol. The largest absolute Gasteiger partial charge is 0.327 e. The van der Waals surface area contributed by atoms with E-state index in [1.54, 1.807) is 0 Å². The van der Waals surface area contributed by atoms with Gasteiger partial charge in [0.25, 0.3) is 0 Å². The van der Waals surface area contributed by atoms with Crippen molar-refractivity contribution < 1.29 is 0 Å². The van der Waals surface area contributed by atoms with Gasteiger partial charge in [0, 0.05) is 6.54 Å². The predicted molar refractivity (Wildman–Crippen MR) is 85.7 cm³/mol. The van der Waals surface area contributed by atoms with E-state index < -0.39 is 0 Å². The minimum Gasteiger partial charge on any atom is -0.327 e. The summed E-state index contributed by atoms with van der Waals surface area (Å²) in [5.41, 5.74) is 14.4. The first kappa shape index (κ1) is 13.1. The normalized spacial score (nSPS) is 13.4. The van der Waals surface area contributed by atoms with Crippen LogP contribution in [0.5, 0.6) is 0 Å². The second-order valence-corrected chi connectivity index (χ2v) is 5.35. The van der Waals surface area contributed by atoms with E-state index in [1.807, 2.05) is 0 Å². The molecule has 102 valence electrons. The fourth-order valence-electron chi connectivity index (χ4n) is 3.18. The number of hydrogen-bond acceptors (Lipinski definition) is 1. The van der Waals surface area contributed by atoms with Crippen LogP contribution in [0.4, 0.5) is 0 Å². The molecule has 0 bridgehead atoms. The van der Waals surface area contributed by atoms with Gasteiger partial charge in [-0.15, -0.1) is 0 Å². The molecular formula is C19H21N. The van der Waals surface area contributed by atoms with Crippen LogP contribution in [0.2, 0.25) is 0 Å². The molecular weight excluding hydrogens is 242 g/mol. The Hall–Kier alpha value is -1.86. The first-order valence-corrected chi connectivity index (χ1v) is 7.43. The molecule has 2 aromatic carbocycles. The van der Waals surface area contributed by atoms with Crippen molar-refractivity contribution in [3.8, 4) is 0 Å². The molecule has 0 atom stereocenters. The zero-order valence-corrected chi connectivity index (χ0v) is 12.0. The lowest BCUT2D eigenvalue weighted by atomic mass is 9.89. The van der Waals surface area contributed by atoms with Gasteiger partial charge in [-0.25, -0.2) is 0 Å². The van der Waals surface area contributed by atoms with E-state index in [4.69, 9.17) is 5.73 Å². The Kier molecular flexibility index (Phi) is 3.70. The first-order chi connectivity index (χ1) is 9.85. The second-order valence-electron chi connectivity index (χ2n) is 5.35. The maximum Gasteiger partial charge on any atom is 0.0146 e. The zero-order valence-electron chi connectivity index (χ0n) is 12.0. The Morgan fingerprint density at radius 3 is 1.85 bits per heavy atom. The lowest BCUT2D eigenvalue weighted by molar-refractivity contribution is 0.965. The van der Waals surface area contributed by atoms with Crippen molar-refractivity contribution in [2.24, 2.45) is 5.73 Å². The third-order valence-electron chi connectivity index (χ3n) is 4.26. The molecule has 2 aromatic rings. The number of hydrogen-bond donors (Lipinski definition) is 1. The predicted octanol–water partition coefficient (Wildman–Crippen LogP) is 3.96. The minimum absolute atomic E-state index is 0.633. The van der Waals surface area contributed by atoms with Crippen LogP contribution in [0.25, 0.3) is 5.57 Å². The molecule has 0 radical (unpaired) electrons. The van der Waals surface area contributed by atoms with Gasteiger partial charge in [-0.2, -0.15) is 0 Å². The van der Waals surface area contributed by atoms with Crippen molar-refractivity contribution in [3.05, 3.63) is 76.4 Å². The third kappa shape index (κ3) is 2.19. The standard InChI is InChI=1S/C19H21N/c1-2-14(13-20)19-17-9-5-3-7-15(17)11-12-16-8-4-6-10-18(16)19/h3-10H,2,11-13,20H2,1H3. The minimum atomic E-state index is 0.633. The van der Waals surface area contributed by atoms with Gasteiger partial charge >= 0.3 is 0 Å². The number of fused-ring (bicyclic) bond motifs is 2. The summed E-state index contributed by atoms with van der Waals surface area (Å²) in [6.07, 6.45) is 3.23. The first-order valence-electron chi connectivity index (χ1n) is 7.43. The van der Waals surface area contributed by atoms with Crippen molar-refractivity contribution in [1.82, 2.24) is 0 Å². The van der Waals surface area contributed by atoms with Crippen molar-refractivity contribution in [2.75, 3.05) is 6.54 Å². The molecule has 0 unspecified atom stereocenters. The number of benzene rings is 2. The number of nitrogens with two attached hydrogens (primary N) is 1. The van der Waals surface area contributed by atoms with E-state index in [-0.39, 0.29) is 0 Å². The highest BCUT2D eigenvalue weighted by Gasteiger charge is 2.19. The van der Waals surface area contributed by atoms with Gasteiger partial charge in [-0.05, 0) is 52.7 Å². The number of rotatable bonds is 2. The van der Waals surface area contributed by atoms with E-state index >= 15 is 0 Å². The Morgan fingerprint density at radius 1 is 0.900 bits per heavy atom. The van der Waals surface area contributed by atoms with Gasteiger partial charge in [0.1, 0.15) is 0 Å². The van der Waals surface area contributed by atoms with Crippen LogP contribution in [0, 0.1) is 0 Å². The van der Waals surface area contributed by atoms with E-state index in [1.165, 1.54) is 33.4 Å². The molecule has 1 heteroatoms. The van der Waals surface area contributed by atoms with Gasteiger partial charge in [0.2, 0.25) is 0 Å². The maximum absolute atomic E-state index is 6.02. The fourth-order valence-corrected chi connectivity index (χ4v) is 3.18. The molecule has 0 amide bonds. The Morgan fingerprint density at radius 2 is 1.40 bits per heavy atom. The van der Waals surface area contributed by atoms with E-state index in [0.29, 0.717) is 6.54 Å². The zero-order chi connectivity index (χ0) is 13.9. The highest BCUT2D eigenvalue weighted by atomic mass is 14.5. The van der Waals surface area contributed by atoms with Crippen molar-refractivity contribution in [3.63, 3.8) is 0 Å². The molecule has 0 fully saturated rings. The molecule has 0 aromatic heterocycles. The van der Waals surface area contributed by atoms with Gasteiger partial charge in [0.05, 0.1) is 0 Å². The molecule has 0 heterocycles. The van der Waals surface area contributed by atoms with Crippen molar-refractivity contribution in [2.45, 2.75) is 26.2 Å². The van der Waals surface area contributed by atoms with Crippen molar-refractivity contribution >= 4 is 5.57 Å². The van der Waals surface area contributed by atoms with E-state index in [0.717, 1.165) is 19.3 Å². The number of aryl methyl sites for hydroxylation is 2. The average Bonchev–Trinajstić information content (AvgIpc) is 2.67. The molecule has 1 aliphatic rings. The Bertz CT molecular complexity index is 597. The fraction of sp³-hybridized carbons (Fsp3) is 0.263. The molecule has 20 heavy (non-hydrogen) atoms. The van der Waals surface area contributed by atoms with Gasteiger partial charge in [-0.3, -0.25) is 0 Å². The topological polar surface area (TPSA) is 26.0 Å². The molecule has 2 N–H and O–H groups in total. The Balaban J connectivity index is 2.33. The SMILES string of the molecule is CCC(CN)=C1c2ccccc2CCc2ccccc21. The summed E-state index contributed by atoms with van der Waals surface area (Å²) < 4.78 is 0. The molecule has 1 nitrogen and oxygen atoms in total. The van der Waals surface area contributed by atoms with Crippen LogP contribution < -0.4 is 5.73 Å². The van der Waals surface area contributed by atoms with Gasteiger partial charge in [0.15, 0.2) is 0 Å². The smallest absolute Gasteiger partial charge is 0.0146 e. The summed E-state index contributed by atoms with van der Waals surface area (Å²) in [5.74, 6) is 0. The van der Waals surface area contributed by atoms with E-state index in [2.05, 4.69) is 55.5 Å². The van der Waals surface area contributed by atoms with Gasteiger partial charge < -0.3 is 5.73 Å². The molecule has 3 rings (SSSR count). The Labute approximate surface area is 121 Å². The molecule has 1 aliphatic carbocycles. The summed E-state index contributed by atoms with van der Waals surface area (Å²) in [4.78, 5) is 0. The highest BCUT2D eigenvalue weighted by molar-refractivity contribution is 5.86. The summed E-state index contributed by atoms with van der Waals surface area (Å²) in [7, 11) is 0. The molecule has 0 spiro atoms. The van der Waals surface area contributed by atoms with E-state index in [9.17, 15) is 0 Å². The average molecular weight is 263 g/mol. The maximum atomic E-state index is 6.02. The van der Waals surface area contributed by atoms with Crippen LogP contribution in [-0.4, -0.2) is 6.54 Å². The lowest BCUT2D eigenvalue weighted by Gasteiger charge is -2.16. The van der Waals surface area contributed by atoms with Gasteiger partial charge in [-0.1, -0.05) is 55.5 Å². The van der Waals surface area contributed by atoms with Crippen LogP contribution in [0.3, 0.4) is 0 Å².